The zero-order valence-corrected chi connectivity index (χ0v) is 17.6. The summed E-state index contributed by atoms with van der Waals surface area (Å²) < 4.78 is 13.2. The zero-order valence-electron chi connectivity index (χ0n) is 16.8. The van der Waals surface area contributed by atoms with Gasteiger partial charge in [0.15, 0.2) is 16.7 Å². The molecule has 0 unspecified atom stereocenters. The maximum Gasteiger partial charge on any atom is 0.310 e. The number of benzene rings is 2. The first-order valence-electron chi connectivity index (χ1n) is 9.64. The van der Waals surface area contributed by atoms with Crippen LogP contribution in [0.4, 0.5) is 5.69 Å². The monoisotopic (exact) mass is 436 g/mol. The fraction of sp³-hybridized carbons (Fsp3) is 0.182. The second-order valence-electron chi connectivity index (χ2n) is 6.71. The van der Waals surface area contributed by atoms with Crippen LogP contribution in [0.25, 0.3) is 11.4 Å². The SMILES string of the molecule is Cc1ccccc1-c1nnc(SCCOc2ccccc2[N+](=O)[O-])n1Cc1ccco1. The van der Waals surface area contributed by atoms with Gasteiger partial charge in [0.05, 0.1) is 24.3 Å². The maximum absolute atomic E-state index is 11.1. The van der Waals surface area contributed by atoms with Crippen molar-refractivity contribution in [2.75, 3.05) is 12.4 Å². The smallest absolute Gasteiger partial charge is 0.310 e. The van der Waals surface area contributed by atoms with Gasteiger partial charge >= 0.3 is 5.69 Å². The Morgan fingerprint density at radius 3 is 2.68 bits per heavy atom. The zero-order chi connectivity index (χ0) is 21.6. The Hall–Kier alpha value is -3.59. The van der Waals surface area contributed by atoms with Gasteiger partial charge in [-0.2, -0.15) is 0 Å². The lowest BCUT2D eigenvalue weighted by atomic mass is 10.1. The van der Waals surface area contributed by atoms with E-state index in [1.165, 1.54) is 17.8 Å². The largest absolute Gasteiger partial charge is 0.486 e. The van der Waals surface area contributed by atoms with Crippen LogP contribution in [-0.2, 0) is 6.54 Å². The molecule has 9 heteroatoms. The standard InChI is InChI=1S/C22H20N4O4S/c1-16-7-2-3-9-18(16)21-23-24-22(25(21)15-17-8-6-12-29-17)31-14-13-30-20-11-5-4-10-19(20)26(27)28/h2-12H,13-15H2,1H3. The van der Waals surface area contributed by atoms with Crippen LogP contribution in [0, 0.1) is 17.0 Å². The first kappa shape index (κ1) is 20.7. The number of nitro benzene ring substituents is 1. The molecular weight excluding hydrogens is 416 g/mol. The third-order valence-corrected chi connectivity index (χ3v) is 5.56. The molecule has 0 aliphatic carbocycles. The molecule has 0 saturated carbocycles. The topological polar surface area (TPSA) is 96.2 Å². The summed E-state index contributed by atoms with van der Waals surface area (Å²) in [6.45, 7) is 2.83. The number of hydrogen-bond acceptors (Lipinski definition) is 7. The molecule has 2 aromatic carbocycles. The molecule has 0 bridgehead atoms. The number of furan rings is 1. The highest BCUT2D eigenvalue weighted by molar-refractivity contribution is 7.99. The molecule has 2 aromatic heterocycles. The first-order chi connectivity index (χ1) is 15.1. The molecule has 0 saturated heterocycles. The Morgan fingerprint density at radius 1 is 1.10 bits per heavy atom. The van der Waals surface area contributed by atoms with Crippen LogP contribution in [0.3, 0.4) is 0 Å². The normalized spacial score (nSPS) is 10.9. The molecule has 0 amide bonds. The molecule has 0 radical (unpaired) electrons. The van der Waals surface area contributed by atoms with Crippen LogP contribution in [0.5, 0.6) is 5.75 Å². The fourth-order valence-electron chi connectivity index (χ4n) is 3.13. The number of aromatic nitrogens is 3. The number of ether oxygens (including phenoxy) is 1. The van der Waals surface area contributed by atoms with Gasteiger partial charge in [-0.1, -0.05) is 48.2 Å². The van der Waals surface area contributed by atoms with Gasteiger partial charge in [-0.05, 0) is 30.7 Å². The summed E-state index contributed by atoms with van der Waals surface area (Å²) in [7, 11) is 0. The lowest BCUT2D eigenvalue weighted by Gasteiger charge is -2.11. The van der Waals surface area contributed by atoms with Crippen molar-refractivity contribution in [3.05, 3.63) is 88.4 Å². The molecule has 158 valence electrons. The molecule has 0 fully saturated rings. The highest BCUT2D eigenvalue weighted by Crippen LogP contribution is 2.29. The van der Waals surface area contributed by atoms with E-state index in [2.05, 4.69) is 10.2 Å². The Morgan fingerprint density at radius 2 is 1.90 bits per heavy atom. The third kappa shape index (κ3) is 4.77. The number of para-hydroxylation sites is 2. The van der Waals surface area contributed by atoms with Crippen LogP contribution in [0.2, 0.25) is 0 Å². The van der Waals surface area contributed by atoms with Crippen molar-refractivity contribution in [3.63, 3.8) is 0 Å². The number of nitrogens with zero attached hydrogens (tertiary/aromatic N) is 4. The predicted molar refractivity (Wildman–Crippen MR) is 117 cm³/mol. The lowest BCUT2D eigenvalue weighted by Crippen LogP contribution is -2.06. The van der Waals surface area contributed by atoms with Gasteiger partial charge in [0.2, 0.25) is 0 Å². The van der Waals surface area contributed by atoms with Gasteiger partial charge in [-0.15, -0.1) is 10.2 Å². The Labute approximate surface area is 183 Å². The summed E-state index contributed by atoms with van der Waals surface area (Å²) in [4.78, 5) is 10.7. The van der Waals surface area contributed by atoms with E-state index in [4.69, 9.17) is 9.15 Å². The van der Waals surface area contributed by atoms with Crippen LogP contribution in [0.15, 0.2) is 76.5 Å². The molecule has 31 heavy (non-hydrogen) atoms. The Balaban J connectivity index is 1.51. The van der Waals surface area contributed by atoms with Crippen molar-refractivity contribution in [3.8, 4) is 17.1 Å². The van der Waals surface area contributed by atoms with Gasteiger partial charge in [0, 0.05) is 17.4 Å². The maximum atomic E-state index is 11.1. The molecule has 8 nitrogen and oxygen atoms in total. The summed E-state index contributed by atoms with van der Waals surface area (Å²) >= 11 is 1.48. The van der Waals surface area contributed by atoms with Crippen molar-refractivity contribution in [2.45, 2.75) is 18.6 Å². The molecule has 0 atom stereocenters. The molecule has 0 aliphatic heterocycles. The van der Waals surface area contributed by atoms with Crippen molar-refractivity contribution in [2.24, 2.45) is 0 Å². The van der Waals surface area contributed by atoms with E-state index in [1.54, 1.807) is 24.5 Å². The van der Waals surface area contributed by atoms with Gasteiger partial charge in [-0.3, -0.25) is 14.7 Å². The van der Waals surface area contributed by atoms with Gasteiger partial charge < -0.3 is 9.15 Å². The average molecular weight is 436 g/mol. The van der Waals surface area contributed by atoms with Gasteiger partial charge in [0.25, 0.3) is 0 Å². The van der Waals surface area contributed by atoms with Crippen molar-refractivity contribution in [1.82, 2.24) is 14.8 Å². The van der Waals surface area contributed by atoms with E-state index in [9.17, 15) is 10.1 Å². The molecule has 4 rings (SSSR count). The van der Waals surface area contributed by atoms with Crippen molar-refractivity contribution in [1.29, 1.82) is 0 Å². The Bertz CT molecular complexity index is 1170. The minimum Gasteiger partial charge on any atom is -0.486 e. The Kier molecular flexibility index (Phi) is 6.32. The van der Waals surface area contributed by atoms with E-state index in [-0.39, 0.29) is 11.4 Å². The van der Waals surface area contributed by atoms with Crippen LogP contribution in [0.1, 0.15) is 11.3 Å². The number of nitro groups is 1. The molecule has 4 aromatic rings. The molecule has 2 heterocycles. The van der Waals surface area contributed by atoms with E-state index in [0.29, 0.717) is 18.9 Å². The summed E-state index contributed by atoms with van der Waals surface area (Å²) in [5, 5.41) is 20.6. The lowest BCUT2D eigenvalue weighted by molar-refractivity contribution is -0.385. The summed E-state index contributed by atoms with van der Waals surface area (Å²) in [5.74, 6) is 2.37. The molecular formula is C22H20N4O4S. The predicted octanol–water partition coefficient (Wildman–Crippen LogP) is 4.97. The minimum absolute atomic E-state index is 0.0460. The van der Waals surface area contributed by atoms with E-state index in [0.717, 1.165) is 27.9 Å². The van der Waals surface area contributed by atoms with Crippen LogP contribution in [-0.4, -0.2) is 32.0 Å². The van der Waals surface area contributed by atoms with Crippen LogP contribution < -0.4 is 4.74 Å². The van der Waals surface area contributed by atoms with E-state index < -0.39 is 4.92 Å². The van der Waals surface area contributed by atoms with Crippen molar-refractivity contribution >= 4 is 17.4 Å². The van der Waals surface area contributed by atoms with Gasteiger partial charge in [0.1, 0.15) is 5.76 Å². The number of aryl methyl sites for hydroxylation is 1. The second kappa shape index (κ2) is 9.48. The fourth-order valence-corrected chi connectivity index (χ4v) is 3.89. The molecule has 0 N–H and O–H groups in total. The summed E-state index contributed by atoms with van der Waals surface area (Å²) in [6.07, 6.45) is 1.64. The highest BCUT2D eigenvalue weighted by atomic mass is 32.2. The van der Waals surface area contributed by atoms with E-state index >= 15 is 0 Å². The van der Waals surface area contributed by atoms with E-state index in [1.807, 2.05) is 47.9 Å². The first-order valence-corrected chi connectivity index (χ1v) is 10.6. The second-order valence-corrected chi connectivity index (χ2v) is 7.77. The quantitative estimate of drug-likeness (QED) is 0.158. The van der Waals surface area contributed by atoms with Crippen LogP contribution >= 0.6 is 11.8 Å². The van der Waals surface area contributed by atoms with Crippen molar-refractivity contribution < 1.29 is 14.1 Å². The molecule has 0 aliphatic rings. The number of thioether (sulfide) groups is 1. The average Bonchev–Trinajstić information content (AvgIpc) is 3.42. The summed E-state index contributed by atoms with van der Waals surface area (Å²) in [5.41, 5.74) is 2.06. The number of rotatable bonds is 9. The third-order valence-electron chi connectivity index (χ3n) is 4.63. The summed E-state index contributed by atoms with van der Waals surface area (Å²) in [6, 6.07) is 18.1. The minimum atomic E-state index is -0.447. The van der Waals surface area contributed by atoms with Gasteiger partial charge in [-0.25, -0.2) is 0 Å². The number of hydrogen-bond donors (Lipinski definition) is 0. The highest BCUT2D eigenvalue weighted by Gasteiger charge is 2.18. The molecule has 0 spiro atoms.